The first-order valence-electron chi connectivity index (χ1n) is 4.04. The van der Waals surface area contributed by atoms with E-state index >= 15 is 0 Å². The van der Waals surface area contributed by atoms with Crippen molar-refractivity contribution in [2.75, 3.05) is 5.73 Å². The molecule has 2 rings (SSSR count). The Balaban J connectivity index is 0.000000293. The lowest BCUT2D eigenvalue weighted by atomic mass is 10.1. The molecule has 0 unspecified atom stereocenters. The van der Waals surface area contributed by atoms with Crippen molar-refractivity contribution < 1.29 is 9.90 Å². The largest absolute Gasteiger partial charge is 0.473 e. The molecule has 0 fully saturated rings. The molecule has 3 heteroatoms. The fourth-order valence-corrected chi connectivity index (χ4v) is 1.25. The number of fused-ring (bicyclic) bond motifs is 1. The monoisotopic (exact) mass is 188 g/mol. The molecule has 0 atom stereocenters. The summed E-state index contributed by atoms with van der Waals surface area (Å²) in [7, 11) is 0. The second-order valence-electron chi connectivity index (χ2n) is 2.66. The summed E-state index contributed by atoms with van der Waals surface area (Å²) < 4.78 is 0. The second-order valence-corrected chi connectivity index (χ2v) is 2.66. The zero-order chi connectivity index (χ0) is 10.4. The summed E-state index contributed by atoms with van der Waals surface area (Å²) in [6.45, 7) is 0.500. The standard InChI is InChI=1S/C10H9N.CHO2/c11-10-7-3-5-8-4-1-2-6-9(8)10;2-1-3/h1-7H,11H2;(H,2,3). The highest BCUT2D eigenvalue weighted by Crippen LogP contribution is 2.19. The molecule has 0 aliphatic carbocycles. The fourth-order valence-electron chi connectivity index (χ4n) is 1.25. The van der Waals surface area contributed by atoms with Gasteiger partial charge in [-0.15, -0.1) is 0 Å². The van der Waals surface area contributed by atoms with Crippen LogP contribution in [0.3, 0.4) is 0 Å². The van der Waals surface area contributed by atoms with Gasteiger partial charge < -0.3 is 10.8 Å². The maximum absolute atomic E-state index is 8.24. The minimum atomic E-state index is 0.500. The zero-order valence-corrected chi connectivity index (χ0v) is 7.47. The summed E-state index contributed by atoms with van der Waals surface area (Å²) in [5.74, 6) is 0. The molecule has 2 aromatic rings. The van der Waals surface area contributed by atoms with Crippen LogP contribution in [0.1, 0.15) is 0 Å². The Bertz CT molecular complexity index is 421. The van der Waals surface area contributed by atoms with Crippen LogP contribution in [0.25, 0.3) is 10.8 Å². The van der Waals surface area contributed by atoms with Gasteiger partial charge >= 0.3 is 6.47 Å². The quantitative estimate of drug-likeness (QED) is 0.622. The van der Waals surface area contributed by atoms with Gasteiger partial charge in [-0.05, 0) is 11.5 Å². The van der Waals surface area contributed by atoms with E-state index in [2.05, 4.69) is 12.1 Å². The van der Waals surface area contributed by atoms with Crippen LogP contribution in [0.4, 0.5) is 5.69 Å². The Morgan fingerprint density at radius 2 is 1.64 bits per heavy atom. The summed E-state index contributed by atoms with van der Waals surface area (Å²) in [5, 5.41) is 9.10. The average molecular weight is 188 g/mol. The van der Waals surface area contributed by atoms with Crippen molar-refractivity contribution in [3.8, 4) is 0 Å². The summed E-state index contributed by atoms with van der Waals surface area (Å²) in [4.78, 5) is 8.24. The molecule has 0 amide bonds. The topological polar surface area (TPSA) is 63.3 Å². The lowest BCUT2D eigenvalue weighted by Gasteiger charge is -1.98. The van der Waals surface area contributed by atoms with Crippen LogP contribution in [0, 0.1) is 0 Å². The fraction of sp³-hybridized carbons (Fsp3) is 0. The molecule has 0 heterocycles. The highest BCUT2D eigenvalue weighted by molar-refractivity contribution is 5.92. The lowest BCUT2D eigenvalue weighted by molar-refractivity contribution is 0.437. The minimum Gasteiger partial charge on any atom is -0.473 e. The highest BCUT2D eigenvalue weighted by atomic mass is 16.3. The molecule has 0 saturated carbocycles. The number of hydrogen-bond acceptors (Lipinski definition) is 2. The number of nitrogen functional groups attached to an aromatic ring is 1. The van der Waals surface area contributed by atoms with Crippen molar-refractivity contribution >= 4 is 22.9 Å². The molecular formula is C11H10NO2. The van der Waals surface area contributed by atoms with Gasteiger partial charge in [0.2, 0.25) is 0 Å². The normalized spacial score (nSPS) is 8.86. The molecule has 1 radical (unpaired) electrons. The molecule has 0 saturated heterocycles. The smallest absolute Gasteiger partial charge is 0.414 e. The lowest BCUT2D eigenvalue weighted by Crippen LogP contribution is -1.84. The Labute approximate surface area is 81.8 Å². The van der Waals surface area contributed by atoms with Gasteiger partial charge in [0.25, 0.3) is 0 Å². The van der Waals surface area contributed by atoms with E-state index in [-0.39, 0.29) is 0 Å². The summed E-state index contributed by atoms with van der Waals surface area (Å²) in [6.07, 6.45) is 0. The van der Waals surface area contributed by atoms with Crippen molar-refractivity contribution in [3.63, 3.8) is 0 Å². The van der Waals surface area contributed by atoms with Crippen LogP contribution >= 0.6 is 0 Å². The Hall–Kier alpha value is -2.03. The van der Waals surface area contributed by atoms with E-state index in [4.69, 9.17) is 15.6 Å². The number of rotatable bonds is 0. The first-order chi connectivity index (χ1) is 6.79. The molecule has 0 bridgehead atoms. The Morgan fingerprint density at radius 1 is 1.07 bits per heavy atom. The van der Waals surface area contributed by atoms with E-state index in [1.807, 2.05) is 30.3 Å². The minimum absolute atomic E-state index is 0.500. The molecule has 14 heavy (non-hydrogen) atoms. The van der Waals surface area contributed by atoms with Gasteiger partial charge in [-0.2, -0.15) is 0 Å². The van der Waals surface area contributed by atoms with Gasteiger partial charge in [0, 0.05) is 11.1 Å². The molecule has 3 nitrogen and oxygen atoms in total. The third-order valence-electron chi connectivity index (χ3n) is 1.82. The second kappa shape index (κ2) is 4.87. The molecule has 71 valence electrons. The van der Waals surface area contributed by atoms with Crippen LogP contribution in [0.2, 0.25) is 0 Å². The predicted octanol–water partition coefficient (Wildman–Crippen LogP) is 2.03. The molecule has 0 aliphatic heterocycles. The van der Waals surface area contributed by atoms with Crippen molar-refractivity contribution in [3.05, 3.63) is 42.5 Å². The third-order valence-corrected chi connectivity index (χ3v) is 1.82. The average Bonchev–Trinajstić information content (AvgIpc) is 2.20. The van der Waals surface area contributed by atoms with Gasteiger partial charge in [-0.3, -0.25) is 0 Å². The van der Waals surface area contributed by atoms with Crippen molar-refractivity contribution in [2.24, 2.45) is 0 Å². The zero-order valence-electron chi connectivity index (χ0n) is 7.47. The Kier molecular flexibility index (Phi) is 3.49. The predicted molar refractivity (Wildman–Crippen MR) is 56.7 cm³/mol. The van der Waals surface area contributed by atoms with Crippen LogP contribution in [-0.4, -0.2) is 11.6 Å². The number of anilines is 1. The SMILES string of the molecule is Nc1cccc2ccccc12.O=[C]O. The van der Waals surface area contributed by atoms with Gasteiger partial charge in [0.15, 0.2) is 0 Å². The van der Waals surface area contributed by atoms with Gasteiger partial charge in [-0.25, -0.2) is 4.79 Å². The maximum Gasteiger partial charge on any atom is 0.414 e. The van der Waals surface area contributed by atoms with Crippen LogP contribution in [0.15, 0.2) is 42.5 Å². The van der Waals surface area contributed by atoms with E-state index in [9.17, 15) is 0 Å². The molecular weight excluding hydrogens is 178 g/mol. The van der Waals surface area contributed by atoms with E-state index in [1.165, 1.54) is 5.39 Å². The Morgan fingerprint density at radius 3 is 2.29 bits per heavy atom. The number of hydrogen-bond donors (Lipinski definition) is 2. The summed E-state index contributed by atoms with van der Waals surface area (Å²) >= 11 is 0. The molecule has 3 N–H and O–H groups in total. The van der Waals surface area contributed by atoms with Crippen molar-refractivity contribution in [2.45, 2.75) is 0 Å². The highest BCUT2D eigenvalue weighted by Gasteiger charge is 1.92. The molecule has 2 aromatic carbocycles. The summed E-state index contributed by atoms with van der Waals surface area (Å²) in [5.41, 5.74) is 6.61. The van der Waals surface area contributed by atoms with E-state index in [0.717, 1.165) is 11.1 Å². The number of nitrogens with two attached hydrogens (primary N) is 1. The molecule has 0 aliphatic rings. The number of aliphatic hydroxyl groups excluding tert-OH is 1. The third kappa shape index (κ3) is 2.23. The van der Waals surface area contributed by atoms with E-state index in [1.54, 1.807) is 0 Å². The van der Waals surface area contributed by atoms with Crippen LogP contribution < -0.4 is 5.73 Å². The van der Waals surface area contributed by atoms with Crippen molar-refractivity contribution in [1.29, 1.82) is 0 Å². The first-order valence-corrected chi connectivity index (χ1v) is 4.04. The van der Waals surface area contributed by atoms with Crippen LogP contribution in [0.5, 0.6) is 0 Å². The van der Waals surface area contributed by atoms with E-state index in [0.29, 0.717) is 6.47 Å². The maximum atomic E-state index is 8.24. The van der Waals surface area contributed by atoms with Gasteiger partial charge in [-0.1, -0.05) is 36.4 Å². The molecule has 0 aromatic heterocycles. The first kappa shape index (κ1) is 10.1. The van der Waals surface area contributed by atoms with Crippen molar-refractivity contribution in [1.82, 2.24) is 0 Å². The molecule has 0 spiro atoms. The van der Waals surface area contributed by atoms with Gasteiger partial charge in [0.05, 0.1) is 0 Å². The van der Waals surface area contributed by atoms with E-state index < -0.39 is 0 Å². The summed E-state index contributed by atoms with van der Waals surface area (Å²) in [6, 6.07) is 14.1. The number of benzene rings is 2. The van der Waals surface area contributed by atoms with Gasteiger partial charge in [0.1, 0.15) is 0 Å². The van der Waals surface area contributed by atoms with Crippen LogP contribution in [-0.2, 0) is 4.79 Å².